The van der Waals surface area contributed by atoms with Crippen molar-refractivity contribution in [1.82, 2.24) is 25.0 Å². The number of nitrogens with two attached hydrogens (primary N) is 1. The van der Waals surface area contributed by atoms with Gasteiger partial charge < -0.3 is 20.3 Å². The lowest BCUT2D eigenvalue weighted by Crippen LogP contribution is -2.41. The maximum Gasteiger partial charge on any atom is 0.317 e. The minimum absolute atomic E-state index is 0.0223. The monoisotopic (exact) mass is 508 g/mol. The lowest BCUT2D eigenvalue weighted by Gasteiger charge is -2.30. The molecule has 0 spiro atoms. The lowest BCUT2D eigenvalue weighted by atomic mass is 9.72. The average Bonchev–Trinajstić information content (AvgIpc) is 3.42. The highest BCUT2D eigenvalue weighted by Crippen LogP contribution is 2.48. The maximum absolute atomic E-state index is 11.2. The summed E-state index contributed by atoms with van der Waals surface area (Å²) in [5.41, 5.74) is 7.50. The van der Waals surface area contributed by atoms with Crippen molar-refractivity contribution in [2.75, 3.05) is 36.8 Å². The number of hydrogen-bond acceptors (Lipinski definition) is 11. The number of carboxylic acids is 1. The Morgan fingerprint density at radius 1 is 1.39 bits per heavy atom. The van der Waals surface area contributed by atoms with Crippen LogP contribution < -0.4 is 10.6 Å². The van der Waals surface area contributed by atoms with E-state index < -0.39 is 11.4 Å². The highest BCUT2D eigenvalue weighted by atomic mass is 32.1. The lowest BCUT2D eigenvalue weighted by molar-refractivity contribution is -0.138. The number of aliphatic carboxylic acids is 1. The van der Waals surface area contributed by atoms with Gasteiger partial charge >= 0.3 is 5.97 Å². The maximum atomic E-state index is 11.2. The molecule has 3 aromatic heterocycles. The standard InChI is InChI=1S/C24H28N8O3S/c1-14-12-31(13-18(33)34)9-4-10-32(14)23-27-8-6-16(28-23)21-29-22(35-30-21)24(2)7-3-5-17-19(24)15(11-25)20(26)36-17/h6,8,14H,3-5,7,9-10,12-13,26H2,1-2H3,(H,33,34)/t14-,24-/m0/s1. The molecule has 2 atom stereocenters. The summed E-state index contributed by atoms with van der Waals surface area (Å²) in [6, 6.07) is 4.05. The number of hydrogen-bond donors (Lipinski definition) is 2. The van der Waals surface area contributed by atoms with Crippen molar-refractivity contribution in [3.63, 3.8) is 0 Å². The Labute approximate surface area is 212 Å². The van der Waals surface area contributed by atoms with Crippen LogP contribution in [0.2, 0.25) is 0 Å². The van der Waals surface area contributed by atoms with E-state index in [-0.39, 0.29) is 12.6 Å². The molecular formula is C24H28N8O3S. The number of carboxylic acid groups (broad SMARTS) is 1. The number of aryl methyl sites for hydroxylation is 1. The van der Waals surface area contributed by atoms with Crippen LogP contribution in [0, 0.1) is 11.3 Å². The SMILES string of the molecule is C[C@H]1CN(CC(=O)O)CCCN1c1nccc(-c2noc([C@@]3(C)CCCc4sc(N)c(C#N)c43)n2)n1. The van der Waals surface area contributed by atoms with Gasteiger partial charge in [-0.2, -0.15) is 10.2 Å². The second-order valence-corrected chi connectivity index (χ2v) is 10.8. The molecule has 0 bridgehead atoms. The first-order chi connectivity index (χ1) is 17.3. The van der Waals surface area contributed by atoms with Gasteiger partial charge in [-0.3, -0.25) is 9.69 Å². The van der Waals surface area contributed by atoms with Crippen LogP contribution in [0.3, 0.4) is 0 Å². The van der Waals surface area contributed by atoms with Crippen LogP contribution >= 0.6 is 11.3 Å². The summed E-state index contributed by atoms with van der Waals surface area (Å²) in [6.07, 6.45) is 5.09. The van der Waals surface area contributed by atoms with Crippen molar-refractivity contribution in [3.05, 3.63) is 34.2 Å². The van der Waals surface area contributed by atoms with Crippen molar-refractivity contribution >= 4 is 28.3 Å². The molecule has 1 aliphatic heterocycles. The van der Waals surface area contributed by atoms with Crippen LogP contribution in [-0.2, 0) is 16.6 Å². The number of nitrogen functional groups attached to an aromatic ring is 1. The van der Waals surface area contributed by atoms with Crippen LogP contribution in [-0.4, -0.2) is 68.3 Å². The molecule has 188 valence electrons. The average molecular weight is 509 g/mol. The molecule has 2 aliphatic rings. The Balaban J connectivity index is 1.43. The zero-order chi connectivity index (χ0) is 25.4. The molecule has 11 nitrogen and oxygen atoms in total. The molecule has 3 N–H and O–H groups in total. The number of aromatic nitrogens is 4. The second-order valence-electron chi connectivity index (χ2n) is 9.63. The molecule has 36 heavy (non-hydrogen) atoms. The topological polar surface area (TPSA) is 158 Å². The normalized spacial score (nSPS) is 22.6. The minimum Gasteiger partial charge on any atom is -0.480 e. The van der Waals surface area contributed by atoms with E-state index in [9.17, 15) is 10.1 Å². The first kappa shape index (κ1) is 24.1. The van der Waals surface area contributed by atoms with Gasteiger partial charge in [-0.1, -0.05) is 5.16 Å². The highest BCUT2D eigenvalue weighted by Gasteiger charge is 2.43. The van der Waals surface area contributed by atoms with Crippen LogP contribution in [0.15, 0.2) is 16.8 Å². The molecular weight excluding hydrogens is 480 g/mol. The summed E-state index contributed by atoms with van der Waals surface area (Å²) in [6.45, 7) is 6.13. The van der Waals surface area contributed by atoms with Crippen molar-refractivity contribution in [1.29, 1.82) is 5.26 Å². The smallest absolute Gasteiger partial charge is 0.317 e. The number of nitrogens with zero attached hydrogens (tertiary/aromatic N) is 7. The van der Waals surface area contributed by atoms with E-state index in [2.05, 4.69) is 21.1 Å². The molecule has 3 aromatic rings. The van der Waals surface area contributed by atoms with Gasteiger partial charge in [0.1, 0.15) is 16.8 Å². The van der Waals surface area contributed by atoms with Gasteiger partial charge in [-0.25, -0.2) is 9.97 Å². The number of carbonyl (C=O) groups is 1. The summed E-state index contributed by atoms with van der Waals surface area (Å²) in [5.74, 6) is 0.527. The first-order valence-electron chi connectivity index (χ1n) is 12.0. The summed E-state index contributed by atoms with van der Waals surface area (Å²) < 4.78 is 5.76. The number of thiophene rings is 1. The van der Waals surface area contributed by atoms with Crippen LogP contribution in [0.4, 0.5) is 10.9 Å². The fourth-order valence-corrected chi connectivity index (χ4v) is 6.54. The predicted octanol–water partition coefficient (Wildman–Crippen LogP) is 2.67. The summed E-state index contributed by atoms with van der Waals surface area (Å²) in [5, 5.41) is 23.7. The molecule has 1 aliphatic carbocycles. The molecule has 0 aromatic carbocycles. The van der Waals surface area contributed by atoms with Gasteiger partial charge in [-0.05, 0) is 45.6 Å². The van der Waals surface area contributed by atoms with Crippen molar-refractivity contribution in [3.8, 4) is 17.6 Å². The Morgan fingerprint density at radius 3 is 3.00 bits per heavy atom. The third-order valence-electron chi connectivity index (χ3n) is 7.07. The van der Waals surface area contributed by atoms with E-state index >= 15 is 0 Å². The third-order valence-corrected chi connectivity index (χ3v) is 8.14. The summed E-state index contributed by atoms with van der Waals surface area (Å²) >= 11 is 1.47. The molecule has 4 heterocycles. The van der Waals surface area contributed by atoms with Gasteiger partial charge in [0, 0.05) is 42.3 Å². The molecule has 0 radical (unpaired) electrons. The Hall–Kier alpha value is -3.56. The minimum atomic E-state index is -0.826. The molecule has 12 heteroatoms. The summed E-state index contributed by atoms with van der Waals surface area (Å²) in [7, 11) is 0. The molecule has 0 amide bonds. The third kappa shape index (κ3) is 4.29. The van der Waals surface area contributed by atoms with Crippen molar-refractivity contribution < 1.29 is 14.4 Å². The zero-order valence-corrected chi connectivity index (χ0v) is 21.1. The number of rotatable bonds is 5. The molecule has 5 rings (SSSR count). The van der Waals surface area contributed by atoms with E-state index in [1.54, 1.807) is 12.3 Å². The molecule has 1 saturated heterocycles. The fraction of sp³-hybridized carbons (Fsp3) is 0.500. The summed E-state index contributed by atoms with van der Waals surface area (Å²) in [4.78, 5) is 30.2. The fourth-order valence-electron chi connectivity index (χ4n) is 5.35. The number of anilines is 2. The van der Waals surface area contributed by atoms with E-state index in [1.165, 1.54) is 11.3 Å². The second kappa shape index (κ2) is 9.48. The molecule has 0 saturated carbocycles. The Bertz CT molecular complexity index is 1330. The quantitative estimate of drug-likeness (QED) is 0.522. The van der Waals surface area contributed by atoms with Gasteiger partial charge in [0.15, 0.2) is 0 Å². The van der Waals surface area contributed by atoms with E-state index in [0.29, 0.717) is 47.0 Å². The van der Waals surface area contributed by atoms with E-state index in [1.807, 2.05) is 18.7 Å². The molecule has 0 unspecified atom stereocenters. The van der Waals surface area contributed by atoms with E-state index in [4.69, 9.17) is 25.3 Å². The van der Waals surface area contributed by atoms with E-state index in [0.717, 1.165) is 42.7 Å². The Morgan fingerprint density at radius 2 is 2.22 bits per heavy atom. The Kier molecular flexibility index (Phi) is 6.36. The van der Waals surface area contributed by atoms with Gasteiger partial charge in [0.2, 0.25) is 17.7 Å². The zero-order valence-electron chi connectivity index (χ0n) is 20.3. The van der Waals surface area contributed by atoms with Crippen molar-refractivity contribution in [2.24, 2.45) is 0 Å². The van der Waals surface area contributed by atoms with Crippen LogP contribution in [0.25, 0.3) is 11.5 Å². The van der Waals surface area contributed by atoms with Gasteiger partial charge in [-0.15, -0.1) is 11.3 Å². The first-order valence-corrected chi connectivity index (χ1v) is 12.8. The highest BCUT2D eigenvalue weighted by molar-refractivity contribution is 7.16. The number of fused-ring (bicyclic) bond motifs is 1. The van der Waals surface area contributed by atoms with Gasteiger partial charge in [0.25, 0.3) is 0 Å². The van der Waals surface area contributed by atoms with Crippen LogP contribution in [0.5, 0.6) is 0 Å². The number of nitriles is 1. The largest absolute Gasteiger partial charge is 0.480 e. The molecule has 1 fully saturated rings. The predicted molar refractivity (Wildman–Crippen MR) is 134 cm³/mol. The van der Waals surface area contributed by atoms with Crippen LogP contribution in [0.1, 0.15) is 55.0 Å². The van der Waals surface area contributed by atoms with Crippen molar-refractivity contribution in [2.45, 2.75) is 51.0 Å². The van der Waals surface area contributed by atoms with Gasteiger partial charge in [0.05, 0.1) is 17.5 Å².